The van der Waals surface area contributed by atoms with Crippen LogP contribution in [-0.4, -0.2) is 10.4 Å². The van der Waals surface area contributed by atoms with Crippen LogP contribution >= 0.6 is 17.0 Å². The van der Waals surface area contributed by atoms with Crippen LogP contribution in [-0.2, 0) is 15.0 Å². The molecule has 6 aromatic rings. The van der Waals surface area contributed by atoms with E-state index in [4.69, 9.17) is 22.0 Å². The number of pyridine rings is 1. The standard InChI is InChI=1S/C24H16N.C16H13.C2H6Si.2ClH.Zr/c1-2-7-17(8-3-1)21-12-6-10-19-15-20(16-23(19)21)24-22-11-5-4-9-18(22)13-14-25-24;1-12-10-14-8-5-9-15(16(14)11-12)13-6-3-2-4-7-13;1-3-2;;;/h1-16H;2-11H,1H3;1-2H3;2*1H;/q;;;;;+2/p-2. The molecule has 8 rings (SSSR count). The van der Waals surface area contributed by atoms with Crippen molar-refractivity contribution in [3.63, 3.8) is 0 Å². The summed E-state index contributed by atoms with van der Waals surface area (Å²) in [5.41, 5.74) is 12.0. The molecule has 230 valence electrons. The molecule has 0 saturated heterocycles. The fraction of sp³-hybridized carbons (Fsp3) is 0.119. The maximum atomic E-state index is 8.70. The van der Waals surface area contributed by atoms with Crippen LogP contribution in [0.4, 0.5) is 0 Å². The SMILES string of the molecule is CC1=Cc2c(-c3ccccc3)cccc2[CH]1[Zr]([Cl])([Cl])([CH]1C(c2nccc3ccccc23)=Cc2c(-c3ccccc3)cccc21)=[Si](C)C. The molecular formula is C42H35Cl2NSiZr. The van der Waals surface area contributed by atoms with E-state index < -0.39 is 20.4 Å². The van der Waals surface area contributed by atoms with Gasteiger partial charge in [-0.1, -0.05) is 0 Å². The molecule has 2 aliphatic carbocycles. The Labute approximate surface area is 285 Å². The molecule has 5 heteroatoms. The van der Waals surface area contributed by atoms with Gasteiger partial charge in [0.05, 0.1) is 0 Å². The van der Waals surface area contributed by atoms with Gasteiger partial charge in [-0.25, -0.2) is 0 Å². The molecule has 0 spiro atoms. The molecule has 0 amide bonds. The number of hydrogen-bond donors (Lipinski definition) is 0. The molecule has 5 aromatic carbocycles. The van der Waals surface area contributed by atoms with Crippen molar-refractivity contribution in [2.24, 2.45) is 0 Å². The van der Waals surface area contributed by atoms with E-state index in [0.29, 0.717) is 0 Å². The number of hydrogen-bond acceptors (Lipinski definition) is 1. The molecule has 0 N–H and O–H groups in total. The number of rotatable bonds is 5. The van der Waals surface area contributed by atoms with E-state index in [1.165, 1.54) is 61.0 Å². The molecule has 1 heterocycles. The Bertz CT molecular complexity index is 2340. The Kier molecular flexibility index (Phi) is 7.69. The van der Waals surface area contributed by atoms with Gasteiger partial charge in [0.1, 0.15) is 0 Å². The van der Waals surface area contributed by atoms with Crippen molar-refractivity contribution in [2.45, 2.75) is 27.3 Å². The summed E-state index contributed by atoms with van der Waals surface area (Å²) in [6, 6.07) is 45.5. The number of halogens is 2. The first kappa shape index (κ1) is 31.0. The van der Waals surface area contributed by atoms with E-state index in [0.717, 1.165) is 11.1 Å². The zero-order valence-electron chi connectivity index (χ0n) is 26.7. The Morgan fingerprint density at radius 1 is 0.596 bits per heavy atom. The fourth-order valence-electron chi connectivity index (χ4n) is 8.26. The molecule has 2 atom stereocenters. The molecule has 1 aromatic heterocycles. The summed E-state index contributed by atoms with van der Waals surface area (Å²) in [6.07, 6.45) is 6.70. The van der Waals surface area contributed by atoms with Crippen LogP contribution < -0.4 is 0 Å². The van der Waals surface area contributed by atoms with Crippen LogP contribution in [0.2, 0.25) is 13.1 Å². The van der Waals surface area contributed by atoms with E-state index >= 15 is 0 Å². The second-order valence-corrected chi connectivity index (χ2v) is 52.0. The normalized spacial score (nSPS) is 17.2. The third-order valence-corrected chi connectivity index (χ3v) is 57.1. The van der Waals surface area contributed by atoms with Crippen LogP contribution in [0.15, 0.2) is 139 Å². The maximum absolute atomic E-state index is 8.70. The van der Waals surface area contributed by atoms with Gasteiger partial charge in [0, 0.05) is 0 Å². The van der Waals surface area contributed by atoms with Crippen LogP contribution in [0.25, 0.3) is 50.8 Å². The summed E-state index contributed by atoms with van der Waals surface area (Å²) in [6.45, 7) is 7.00. The number of nitrogens with zero attached hydrogens (tertiary/aromatic N) is 1. The minimum atomic E-state index is -5.07. The molecule has 1 nitrogen and oxygen atoms in total. The summed E-state index contributed by atoms with van der Waals surface area (Å²) in [4.78, 5) is 5.12. The average Bonchev–Trinajstić information content (AvgIpc) is 3.67. The van der Waals surface area contributed by atoms with Crippen molar-refractivity contribution in [3.8, 4) is 22.3 Å². The zero-order chi connectivity index (χ0) is 32.4. The van der Waals surface area contributed by atoms with Gasteiger partial charge in [-0.15, -0.1) is 0 Å². The summed E-state index contributed by atoms with van der Waals surface area (Å²) < 4.78 is -0.141. The molecule has 0 aliphatic heterocycles. The fourth-order valence-corrected chi connectivity index (χ4v) is 37.3. The van der Waals surface area contributed by atoms with Crippen LogP contribution in [0.5, 0.6) is 0 Å². The van der Waals surface area contributed by atoms with Gasteiger partial charge < -0.3 is 0 Å². The number of allylic oxidation sites excluding steroid dienone is 2. The minimum absolute atomic E-state index is 0.0166. The predicted octanol–water partition coefficient (Wildman–Crippen LogP) is 12.6. The number of aromatic nitrogens is 1. The number of benzene rings is 5. The van der Waals surface area contributed by atoms with Gasteiger partial charge in [-0.3, -0.25) is 0 Å². The second-order valence-electron chi connectivity index (χ2n) is 13.2. The van der Waals surface area contributed by atoms with E-state index in [9.17, 15) is 0 Å². The van der Waals surface area contributed by atoms with Gasteiger partial charge in [0.2, 0.25) is 0 Å². The van der Waals surface area contributed by atoms with Gasteiger partial charge >= 0.3 is 288 Å². The average molecular weight is 744 g/mol. The first-order valence-electron chi connectivity index (χ1n) is 16.3. The van der Waals surface area contributed by atoms with Crippen LogP contribution in [0, 0.1) is 0 Å². The van der Waals surface area contributed by atoms with Crippen molar-refractivity contribution >= 4 is 51.0 Å². The van der Waals surface area contributed by atoms with E-state index in [-0.39, 0.29) is 7.25 Å². The van der Waals surface area contributed by atoms with Gasteiger partial charge in [-0.2, -0.15) is 0 Å². The van der Waals surface area contributed by atoms with Crippen LogP contribution in [0.3, 0.4) is 0 Å². The molecular weight excluding hydrogens is 709 g/mol. The monoisotopic (exact) mass is 741 g/mol. The Balaban J connectivity index is 1.44. The first-order valence-corrected chi connectivity index (χ1v) is 31.6. The van der Waals surface area contributed by atoms with Gasteiger partial charge in [0.25, 0.3) is 0 Å². The van der Waals surface area contributed by atoms with E-state index in [1.54, 1.807) is 0 Å². The van der Waals surface area contributed by atoms with Crippen molar-refractivity contribution in [2.75, 3.05) is 0 Å². The Morgan fingerprint density at radius 2 is 1.15 bits per heavy atom. The zero-order valence-corrected chi connectivity index (χ0v) is 31.7. The van der Waals surface area contributed by atoms with Crippen molar-refractivity contribution < 1.29 is 15.0 Å². The number of fused-ring (bicyclic) bond motifs is 3. The molecule has 0 bridgehead atoms. The second kappa shape index (κ2) is 11.7. The molecule has 2 aliphatic rings. The van der Waals surface area contributed by atoms with Crippen molar-refractivity contribution in [1.82, 2.24) is 4.98 Å². The molecule has 2 unspecified atom stereocenters. The quantitative estimate of drug-likeness (QED) is 0.160. The topological polar surface area (TPSA) is 12.9 Å². The summed E-state index contributed by atoms with van der Waals surface area (Å²) in [5.74, 6) is 0. The molecule has 0 fully saturated rings. The third-order valence-electron chi connectivity index (χ3n) is 10.5. The molecule has 0 radical (unpaired) electrons. The summed E-state index contributed by atoms with van der Waals surface area (Å²) >= 11 is -5.07. The van der Waals surface area contributed by atoms with Crippen molar-refractivity contribution in [1.29, 1.82) is 0 Å². The van der Waals surface area contributed by atoms with Crippen LogP contribution in [0.1, 0.15) is 42.1 Å². The van der Waals surface area contributed by atoms with E-state index in [1.807, 2.05) is 6.20 Å². The summed E-state index contributed by atoms with van der Waals surface area (Å²) in [5, 5.41) is 2.31. The Morgan fingerprint density at radius 3 is 1.77 bits per heavy atom. The predicted molar refractivity (Wildman–Crippen MR) is 202 cm³/mol. The van der Waals surface area contributed by atoms with Gasteiger partial charge in [0.15, 0.2) is 0 Å². The molecule has 0 saturated carbocycles. The molecule has 47 heavy (non-hydrogen) atoms. The Hall–Kier alpha value is -3.33. The van der Waals surface area contributed by atoms with Crippen molar-refractivity contribution in [3.05, 3.63) is 167 Å². The first-order chi connectivity index (χ1) is 22.8. The summed E-state index contributed by atoms with van der Waals surface area (Å²) in [7, 11) is 17.4. The van der Waals surface area contributed by atoms with Gasteiger partial charge in [-0.05, 0) is 0 Å². The third kappa shape index (κ3) is 4.77. The van der Waals surface area contributed by atoms with E-state index in [2.05, 4.69) is 160 Å².